The van der Waals surface area contributed by atoms with E-state index in [1.54, 1.807) is 0 Å². The van der Waals surface area contributed by atoms with Crippen LogP contribution < -0.4 is 5.32 Å². The topological polar surface area (TPSA) is 72.7 Å². The van der Waals surface area contributed by atoms with Crippen LogP contribution in [0, 0.1) is 5.92 Å². The van der Waals surface area contributed by atoms with Crippen LogP contribution in [-0.4, -0.2) is 47.2 Å². The van der Waals surface area contributed by atoms with E-state index in [4.69, 9.17) is 15.3 Å². The van der Waals surface area contributed by atoms with Gasteiger partial charge in [-0.05, 0) is 12.5 Å². The van der Waals surface area contributed by atoms with Gasteiger partial charge in [0.15, 0.2) is 0 Å². The van der Waals surface area contributed by atoms with Crippen molar-refractivity contribution in [2.75, 3.05) is 26.4 Å². The van der Waals surface area contributed by atoms with Crippen molar-refractivity contribution in [1.29, 1.82) is 0 Å². The Kier molecular flexibility index (Phi) is 6.24. The number of aliphatic hydroxyl groups is 3. The van der Waals surface area contributed by atoms with Crippen LogP contribution in [0.3, 0.4) is 0 Å². The summed E-state index contributed by atoms with van der Waals surface area (Å²) in [7, 11) is 0. The lowest BCUT2D eigenvalue weighted by Gasteiger charge is -2.30. The van der Waals surface area contributed by atoms with Gasteiger partial charge in [-0.25, -0.2) is 0 Å². The van der Waals surface area contributed by atoms with Crippen molar-refractivity contribution in [3.8, 4) is 0 Å². The first-order valence-electron chi connectivity index (χ1n) is 4.71. The molecule has 4 heteroatoms. The first-order chi connectivity index (χ1) is 6.14. The standard InChI is InChI=1S/C9H21NO3/c1-3-8(2)4-10-9(5-11,6-12)7-13/h8,10-13H,3-7H2,1-2H3. The van der Waals surface area contributed by atoms with Gasteiger partial charge in [0, 0.05) is 0 Å². The second kappa shape index (κ2) is 6.32. The van der Waals surface area contributed by atoms with Crippen LogP contribution in [0.25, 0.3) is 0 Å². The zero-order valence-electron chi connectivity index (χ0n) is 8.45. The molecule has 1 unspecified atom stereocenters. The highest BCUT2D eigenvalue weighted by atomic mass is 16.3. The van der Waals surface area contributed by atoms with Gasteiger partial charge in [0.1, 0.15) is 0 Å². The molecule has 4 nitrogen and oxygen atoms in total. The van der Waals surface area contributed by atoms with Crippen molar-refractivity contribution in [1.82, 2.24) is 5.32 Å². The molecular weight excluding hydrogens is 170 g/mol. The molecule has 0 saturated heterocycles. The Bertz CT molecular complexity index is 118. The van der Waals surface area contributed by atoms with Gasteiger partial charge >= 0.3 is 0 Å². The summed E-state index contributed by atoms with van der Waals surface area (Å²) in [5.74, 6) is 0.476. The van der Waals surface area contributed by atoms with E-state index < -0.39 is 5.54 Å². The molecule has 0 aliphatic rings. The van der Waals surface area contributed by atoms with Gasteiger partial charge in [0.05, 0.1) is 25.4 Å². The maximum absolute atomic E-state index is 8.98. The molecule has 13 heavy (non-hydrogen) atoms. The van der Waals surface area contributed by atoms with E-state index in [1.165, 1.54) is 0 Å². The summed E-state index contributed by atoms with van der Waals surface area (Å²) < 4.78 is 0. The molecule has 0 saturated carbocycles. The SMILES string of the molecule is CCC(C)CNC(CO)(CO)CO. The van der Waals surface area contributed by atoms with E-state index in [0.29, 0.717) is 12.5 Å². The van der Waals surface area contributed by atoms with Gasteiger partial charge in [0.25, 0.3) is 0 Å². The second-order valence-electron chi connectivity index (χ2n) is 3.65. The third-order valence-electron chi connectivity index (χ3n) is 2.43. The largest absolute Gasteiger partial charge is 0.394 e. The summed E-state index contributed by atoms with van der Waals surface area (Å²) in [6, 6.07) is 0. The van der Waals surface area contributed by atoms with E-state index in [9.17, 15) is 0 Å². The van der Waals surface area contributed by atoms with Crippen molar-refractivity contribution in [2.45, 2.75) is 25.8 Å². The number of hydrogen-bond acceptors (Lipinski definition) is 4. The summed E-state index contributed by atoms with van der Waals surface area (Å²) in [5.41, 5.74) is -0.927. The van der Waals surface area contributed by atoms with Crippen LogP contribution in [0.1, 0.15) is 20.3 Å². The summed E-state index contributed by atoms with van der Waals surface area (Å²) in [5, 5.41) is 29.9. The number of aliphatic hydroxyl groups excluding tert-OH is 3. The van der Waals surface area contributed by atoms with Crippen LogP contribution in [0.4, 0.5) is 0 Å². The minimum absolute atomic E-state index is 0.254. The average molecular weight is 191 g/mol. The fourth-order valence-electron chi connectivity index (χ4n) is 0.853. The van der Waals surface area contributed by atoms with Gasteiger partial charge in [-0.15, -0.1) is 0 Å². The maximum atomic E-state index is 8.98. The minimum Gasteiger partial charge on any atom is -0.394 e. The lowest BCUT2D eigenvalue weighted by atomic mass is 10.0. The minimum atomic E-state index is -0.927. The van der Waals surface area contributed by atoms with Crippen LogP contribution in [0.5, 0.6) is 0 Å². The Hall–Kier alpha value is -0.160. The number of nitrogens with one attached hydrogen (secondary N) is 1. The first-order valence-corrected chi connectivity index (χ1v) is 4.71. The molecule has 0 heterocycles. The van der Waals surface area contributed by atoms with Gasteiger partial charge in [-0.1, -0.05) is 20.3 Å². The van der Waals surface area contributed by atoms with Gasteiger partial charge in [-0.3, -0.25) is 0 Å². The summed E-state index contributed by atoms with van der Waals surface area (Å²) in [6.45, 7) is 4.08. The summed E-state index contributed by atoms with van der Waals surface area (Å²) in [6.07, 6.45) is 1.03. The quantitative estimate of drug-likeness (QED) is 0.431. The fourth-order valence-corrected chi connectivity index (χ4v) is 0.853. The molecule has 4 N–H and O–H groups in total. The molecule has 0 aromatic rings. The van der Waals surface area contributed by atoms with E-state index in [1.807, 2.05) is 0 Å². The predicted molar refractivity (Wildman–Crippen MR) is 51.4 cm³/mol. The normalized spacial score (nSPS) is 14.5. The zero-order chi connectivity index (χ0) is 10.3. The molecule has 0 spiro atoms. The maximum Gasteiger partial charge on any atom is 0.0881 e. The Morgan fingerprint density at radius 3 is 1.92 bits per heavy atom. The third kappa shape index (κ3) is 4.04. The molecule has 0 aromatic heterocycles. The van der Waals surface area contributed by atoms with Crippen LogP contribution >= 0.6 is 0 Å². The average Bonchev–Trinajstić information content (AvgIpc) is 2.20. The third-order valence-corrected chi connectivity index (χ3v) is 2.43. The van der Waals surface area contributed by atoms with Gasteiger partial charge in [0.2, 0.25) is 0 Å². The van der Waals surface area contributed by atoms with E-state index in [0.717, 1.165) is 6.42 Å². The summed E-state index contributed by atoms with van der Waals surface area (Å²) >= 11 is 0. The molecule has 0 radical (unpaired) electrons. The Morgan fingerprint density at radius 1 is 1.15 bits per heavy atom. The van der Waals surface area contributed by atoms with Crippen LogP contribution in [0.2, 0.25) is 0 Å². The molecule has 0 rings (SSSR count). The van der Waals surface area contributed by atoms with Crippen molar-refractivity contribution in [3.63, 3.8) is 0 Å². The molecule has 0 fully saturated rings. The van der Waals surface area contributed by atoms with E-state index in [-0.39, 0.29) is 19.8 Å². The highest BCUT2D eigenvalue weighted by molar-refractivity contribution is 4.86. The number of rotatable bonds is 7. The van der Waals surface area contributed by atoms with Gasteiger partial charge < -0.3 is 20.6 Å². The van der Waals surface area contributed by atoms with E-state index >= 15 is 0 Å². The van der Waals surface area contributed by atoms with Gasteiger partial charge in [-0.2, -0.15) is 0 Å². The highest BCUT2D eigenvalue weighted by Crippen LogP contribution is 2.05. The molecule has 0 aromatic carbocycles. The number of hydrogen-bond donors (Lipinski definition) is 4. The van der Waals surface area contributed by atoms with Crippen molar-refractivity contribution in [2.24, 2.45) is 5.92 Å². The van der Waals surface area contributed by atoms with Crippen molar-refractivity contribution >= 4 is 0 Å². The van der Waals surface area contributed by atoms with Crippen LogP contribution in [-0.2, 0) is 0 Å². The van der Waals surface area contributed by atoms with Crippen molar-refractivity contribution in [3.05, 3.63) is 0 Å². The molecule has 80 valence electrons. The Balaban J connectivity index is 3.95. The van der Waals surface area contributed by atoms with Crippen molar-refractivity contribution < 1.29 is 15.3 Å². The first kappa shape index (κ1) is 12.8. The zero-order valence-corrected chi connectivity index (χ0v) is 8.45. The predicted octanol–water partition coefficient (Wildman–Crippen LogP) is -0.662. The highest BCUT2D eigenvalue weighted by Gasteiger charge is 2.27. The molecule has 0 aliphatic carbocycles. The fraction of sp³-hybridized carbons (Fsp3) is 1.00. The van der Waals surface area contributed by atoms with Crippen LogP contribution in [0.15, 0.2) is 0 Å². The smallest absolute Gasteiger partial charge is 0.0881 e. The Morgan fingerprint density at radius 2 is 1.62 bits per heavy atom. The lowest BCUT2D eigenvalue weighted by Crippen LogP contribution is -2.55. The molecule has 0 aliphatic heterocycles. The lowest BCUT2D eigenvalue weighted by molar-refractivity contribution is 0.0402. The molecule has 0 amide bonds. The summed E-state index contributed by atoms with van der Waals surface area (Å²) in [4.78, 5) is 0. The molecular formula is C9H21NO3. The second-order valence-corrected chi connectivity index (χ2v) is 3.65. The van der Waals surface area contributed by atoms with E-state index in [2.05, 4.69) is 19.2 Å². The molecule has 0 bridgehead atoms. The Labute approximate surface area is 79.6 Å². The monoisotopic (exact) mass is 191 g/mol. The molecule has 1 atom stereocenters.